The number of aliphatic hydroxyl groups excluding tert-OH is 1. The number of amides is 3. The molecule has 0 aliphatic heterocycles. The van der Waals surface area contributed by atoms with Crippen LogP contribution in [0.25, 0.3) is 10.9 Å². The van der Waals surface area contributed by atoms with Crippen LogP contribution in [0.5, 0.6) is 0 Å². The molecular formula is C23H29N7O6. The number of aliphatic hydroxyl groups is 1. The number of H-pyrrole nitrogens is 2. The quantitative estimate of drug-likeness (QED) is 0.147. The van der Waals surface area contributed by atoms with Crippen molar-refractivity contribution >= 4 is 34.6 Å². The Morgan fingerprint density at radius 1 is 1.00 bits per heavy atom. The maximum Gasteiger partial charge on any atom is 0.326 e. The number of nitrogens with two attached hydrogens (primary N) is 1. The molecule has 0 saturated carbocycles. The van der Waals surface area contributed by atoms with E-state index in [0.29, 0.717) is 5.69 Å². The first-order valence-electron chi connectivity index (χ1n) is 11.2. The van der Waals surface area contributed by atoms with Gasteiger partial charge in [0.15, 0.2) is 0 Å². The smallest absolute Gasteiger partial charge is 0.326 e. The summed E-state index contributed by atoms with van der Waals surface area (Å²) in [7, 11) is 0. The van der Waals surface area contributed by atoms with Crippen LogP contribution >= 0.6 is 0 Å². The fourth-order valence-electron chi connectivity index (χ4n) is 3.58. The number of nitrogens with one attached hydrogen (secondary N) is 5. The van der Waals surface area contributed by atoms with Crippen LogP contribution in [0.2, 0.25) is 0 Å². The molecule has 3 aromatic rings. The van der Waals surface area contributed by atoms with E-state index in [-0.39, 0.29) is 12.8 Å². The van der Waals surface area contributed by atoms with Gasteiger partial charge in [0, 0.05) is 41.8 Å². The predicted molar refractivity (Wildman–Crippen MR) is 128 cm³/mol. The lowest BCUT2D eigenvalue weighted by atomic mass is 10.0. The molecule has 0 fully saturated rings. The SMILES string of the molecule is CC(NC(=O)C(Cc1c[nH]c2ccccc12)NC(=O)C(N)CO)C(=O)NC(Cc1cnc[nH]1)C(=O)O. The highest BCUT2D eigenvalue weighted by Gasteiger charge is 2.29. The number of para-hydroxylation sites is 1. The van der Waals surface area contributed by atoms with Crippen LogP contribution in [0.1, 0.15) is 18.2 Å². The Bertz CT molecular complexity index is 1210. The van der Waals surface area contributed by atoms with Crippen molar-refractivity contribution in [1.29, 1.82) is 0 Å². The van der Waals surface area contributed by atoms with Crippen molar-refractivity contribution in [3.05, 3.63) is 54.2 Å². The number of carboxylic acid groups (broad SMARTS) is 1. The van der Waals surface area contributed by atoms with Crippen molar-refractivity contribution in [2.45, 2.75) is 43.9 Å². The Labute approximate surface area is 205 Å². The number of rotatable bonds is 12. The summed E-state index contributed by atoms with van der Waals surface area (Å²) in [5.41, 5.74) is 7.69. The highest BCUT2D eigenvalue weighted by atomic mass is 16.4. The molecular weight excluding hydrogens is 470 g/mol. The zero-order valence-corrected chi connectivity index (χ0v) is 19.5. The first-order valence-corrected chi connectivity index (χ1v) is 11.2. The van der Waals surface area contributed by atoms with E-state index >= 15 is 0 Å². The number of carbonyl (C=O) groups excluding carboxylic acids is 3. The molecule has 2 heterocycles. The van der Waals surface area contributed by atoms with Gasteiger partial charge in [0.25, 0.3) is 0 Å². The lowest BCUT2D eigenvalue weighted by molar-refractivity contribution is -0.142. The standard InChI is InChI=1S/C23H29N7O6/c1-12(20(32)30-19(23(35)36)7-14-9-25-11-27-14)28-22(34)18(29-21(33)16(24)10-31)6-13-8-26-17-5-3-2-4-15(13)17/h2-5,8-9,11-12,16,18-19,26,31H,6-7,10,24H2,1H3,(H,25,27)(H,28,34)(H,29,33)(H,30,32)(H,35,36). The molecule has 0 bridgehead atoms. The summed E-state index contributed by atoms with van der Waals surface area (Å²) in [6.45, 7) is 0.783. The molecule has 36 heavy (non-hydrogen) atoms. The van der Waals surface area contributed by atoms with E-state index in [4.69, 9.17) is 5.73 Å². The summed E-state index contributed by atoms with van der Waals surface area (Å²) in [6, 6.07) is 2.70. The van der Waals surface area contributed by atoms with Gasteiger partial charge in [0.1, 0.15) is 24.2 Å². The summed E-state index contributed by atoms with van der Waals surface area (Å²) in [4.78, 5) is 59.4. The average molecular weight is 500 g/mol. The molecule has 1 aromatic carbocycles. The molecule has 0 aliphatic rings. The van der Waals surface area contributed by atoms with Crippen LogP contribution in [0, 0.1) is 0 Å². The fourth-order valence-corrected chi connectivity index (χ4v) is 3.58. The second kappa shape index (κ2) is 12.0. The van der Waals surface area contributed by atoms with E-state index in [1.54, 1.807) is 6.20 Å². The van der Waals surface area contributed by atoms with Gasteiger partial charge in [-0.25, -0.2) is 9.78 Å². The predicted octanol–water partition coefficient (Wildman–Crippen LogP) is -1.45. The summed E-state index contributed by atoms with van der Waals surface area (Å²) >= 11 is 0. The molecule has 0 spiro atoms. The average Bonchev–Trinajstić information content (AvgIpc) is 3.52. The molecule has 4 unspecified atom stereocenters. The number of aliphatic carboxylic acids is 1. The summed E-state index contributed by atoms with van der Waals surface area (Å²) in [6.07, 6.45) is 4.60. The van der Waals surface area contributed by atoms with E-state index < -0.39 is 54.5 Å². The highest BCUT2D eigenvalue weighted by molar-refractivity contribution is 5.94. The summed E-state index contributed by atoms with van der Waals surface area (Å²) < 4.78 is 0. The number of imidazole rings is 1. The number of carboxylic acids is 1. The Hall–Kier alpha value is -4.23. The molecule has 0 aliphatic carbocycles. The van der Waals surface area contributed by atoms with E-state index in [0.717, 1.165) is 16.5 Å². The molecule has 13 nitrogen and oxygen atoms in total. The molecule has 0 radical (unpaired) electrons. The number of carbonyl (C=O) groups is 4. The molecule has 4 atom stereocenters. The molecule has 3 amide bonds. The van der Waals surface area contributed by atoms with Crippen LogP contribution in [0.15, 0.2) is 43.0 Å². The summed E-state index contributed by atoms with van der Waals surface area (Å²) in [5.74, 6) is -3.39. The maximum absolute atomic E-state index is 13.1. The second-order valence-corrected chi connectivity index (χ2v) is 8.32. The van der Waals surface area contributed by atoms with E-state index in [9.17, 15) is 29.4 Å². The molecule has 3 rings (SSSR count). The van der Waals surface area contributed by atoms with Crippen molar-refractivity contribution < 1.29 is 29.4 Å². The molecule has 192 valence electrons. The number of hydrogen-bond acceptors (Lipinski definition) is 7. The van der Waals surface area contributed by atoms with Gasteiger partial charge in [-0.2, -0.15) is 0 Å². The Morgan fingerprint density at radius 3 is 2.39 bits per heavy atom. The topological polar surface area (TPSA) is 215 Å². The molecule has 9 N–H and O–H groups in total. The Kier molecular flexibility index (Phi) is 8.76. The molecule has 2 aromatic heterocycles. The first kappa shape index (κ1) is 26.4. The van der Waals surface area contributed by atoms with Gasteiger partial charge in [-0.05, 0) is 18.6 Å². The number of hydrogen-bond donors (Lipinski definition) is 8. The van der Waals surface area contributed by atoms with Gasteiger partial charge >= 0.3 is 5.97 Å². The van der Waals surface area contributed by atoms with Crippen molar-refractivity contribution in [2.24, 2.45) is 5.73 Å². The van der Waals surface area contributed by atoms with E-state index in [1.165, 1.54) is 19.4 Å². The van der Waals surface area contributed by atoms with E-state index in [2.05, 4.69) is 30.9 Å². The largest absolute Gasteiger partial charge is 0.480 e. The second-order valence-electron chi connectivity index (χ2n) is 8.32. The minimum absolute atomic E-state index is 0.0277. The van der Waals surface area contributed by atoms with Crippen LogP contribution in [-0.2, 0) is 32.0 Å². The number of nitrogens with zero attached hydrogens (tertiary/aromatic N) is 1. The third-order valence-electron chi connectivity index (χ3n) is 5.61. The number of aromatic amines is 2. The number of benzene rings is 1. The number of fused-ring (bicyclic) bond motifs is 1. The van der Waals surface area contributed by atoms with Crippen LogP contribution in [-0.4, -0.2) is 79.6 Å². The van der Waals surface area contributed by atoms with Gasteiger partial charge in [-0.1, -0.05) is 18.2 Å². The summed E-state index contributed by atoms with van der Waals surface area (Å²) in [5, 5.41) is 26.9. The highest BCUT2D eigenvalue weighted by Crippen LogP contribution is 2.19. The van der Waals surface area contributed by atoms with Crippen molar-refractivity contribution in [2.75, 3.05) is 6.61 Å². The van der Waals surface area contributed by atoms with Crippen LogP contribution in [0.3, 0.4) is 0 Å². The number of aromatic nitrogens is 3. The zero-order chi connectivity index (χ0) is 26.2. The van der Waals surface area contributed by atoms with Gasteiger partial charge in [0.05, 0.1) is 12.9 Å². The van der Waals surface area contributed by atoms with E-state index in [1.807, 2.05) is 24.3 Å². The first-order chi connectivity index (χ1) is 17.2. The molecule has 0 saturated heterocycles. The monoisotopic (exact) mass is 499 g/mol. The van der Waals surface area contributed by atoms with Crippen molar-refractivity contribution in [1.82, 2.24) is 30.9 Å². The molecule has 13 heteroatoms. The van der Waals surface area contributed by atoms with Crippen molar-refractivity contribution in [3.63, 3.8) is 0 Å². The third kappa shape index (κ3) is 6.67. The lowest BCUT2D eigenvalue weighted by Gasteiger charge is -2.23. The fraction of sp³-hybridized carbons (Fsp3) is 0.348. The minimum Gasteiger partial charge on any atom is -0.480 e. The normalized spacial score (nSPS) is 14.4. The Balaban J connectivity index is 1.70. The van der Waals surface area contributed by atoms with Crippen molar-refractivity contribution in [3.8, 4) is 0 Å². The van der Waals surface area contributed by atoms with Gasteiger partial charge < -0.3 is 41.9 Å². The van der Waals surface area contributed by atoms with Crippen LogP contribution < -0.4 is 21.7 Å². The van der Waals surface area contributed by atoms with Gasteiger partial charge in [-0.15, -0.1) is 0 Å². The minimum atomic E-state index is -1.25. The Morgan fingerprint density at radius 2 is 1.72 bits per heavy atom. The third-order valence-corrected chi connectivity index (χ3v) is 5.61. The van der Waals surface area contributed by atoms with Gasteiger partial charge in [-0.3, -0.25) is 14.4 Å². The zero-order valence-electron chi connectivity index (χ0n) is 19.5. The van der Waals surface area contributed by atoms with Gasteiger partial charge in [0.2, 0.25) is 17.7 Å². The van der Waals surface area contributed by atoms with Crippen LogP contribution in [0.4, 0.5) is 0 Å². The lowest BCUT2D eigenvalue weighted by Crippen LogP contribution is -2.57. The maximum atomic E-state index is 13.1.